The van der Waals surface area contributed by atoms with Crippen LogP contribution in [0.2, 0.25) is 0 Å². The van der Waals surface area contributed by atoms with Crippen molar-refractivity contribution >= 4 is 6.03 Å². The zero-order valence-electron chi connectivity index (χ0n) is 13.9. The maximum Gasteiger partial charge on any atom is 0.315 e. The number of hydrogen-bond donors (Lipinski definition) is 2. The van der Waals surface area contributed by atoms with Gasteiger partial charge < -0.3 is 19.9 Å². The summed E-state index contributed by atoms with van der Waals surface area (Å²) in [6.07, 6.45) is 9.80. The Balaban J connectivity index is 1.53. The average Bonchev–Trinajstić information content (AvgIpc) is 3.15. The molecule has 2 atom stereocenters. The number of nitrogens with zero attached hydrogens (tertiary/aromatic N) is 2. The summed E-state index contributed by atoms with van der Waals surface area (Å²) in [6, 6.07) is 7.99. The van der Waals surface area contributed by atoms with E-state index in [9.17, 15) is 4.79 Å². The number of hydrogen-bond acceptors (Lipinski definition) is 3. The van der Waals surface area contributed by atoms with Gasteiger partial charge in [0, 0.05) is 31.7 Å². The van der Waals surface area contributed by atoms with Gasteiger partial charge >= 0.3 is 6.03 Å². The molecule has 1 saturated carbocycles. The van der Waals surface area contributed by atoms with Crippen LogP contribution in [0.5, 0.6) is 0 Å². The number of carbonyl (C=O) groups excluding carboxylic acids is 1. The minimum absolute atomic E-state index is 0.0982. The monoisotopic (exact) mass is 328 g/mol. The summed E-state index contributed by atoms with van der Waals surface area (Å²) in [7, 11) is 1.71. The summed E-state index contributed by atoms with van der Waals surface area (Å²) in [5.41, 5.74) is 2.07. The molecule has 1 aromatic carbocycles. The smallest absolute Gasteiger partial charge is 0.315 e. The summed E-state index contributed by atoms with van der Waals surface area (Å²) in [6.45, 7) is 0.485. The summed E-state index contributed by atoms with van der Waals surface area (Å²) in [4.78, 5) is 16.2. The summed E-state index contributed by atoms with van der Waals surface area (Å²) in [5, 5.41) is 5.97. The molecular formula is C18H24N4O2. The first-order chi connectivity index (χ1) is 11.8. The molecule has 0 spiro atoms. The van der Waals surface area contributed by atoms with Crippen LogP contribution in [-0.4, -0.2) is 34.8 Å². The molecule has 1 fully saturated rings. The van der Waals surface area contributed by atoms with Crippen molar-refractivity contribution in [3.63, 3.8) is 0 Å². The Morgan fingerprint density at radius 2 is 2.25 bits per heavy atom. The maximum atomic E-state index is 12.2. The van der Waals surface area contributed by atoms with E-state index < -0.39 is 0 Å². The van der Waals surface area contributed by atoms with Crippen molar-refractivity contribution in [1.29, 1.82) is 0 Å². The molecule has 1 aliphatic rings. The molecule has 0 bridgehead atoms. The van der Waals surface area contributed by atoms with Crippen LogP contribution in [0.1, 0.15) is 31.2 Å². The van der Waals surface area contributed by atoms with Gasteiger partial charge in [-0.3, -0.25) is 0 Å². The zero-order valence-corrected chi connectivity index (χ0v) is 13.9. The second-order valence-electron chi connectivity index (χ2n) is 6.13. The number of amides is 2. The molecule has 6 heteroatoms. The lowest BCUT2D eigenvalue weighted by atomic mass is 9.92. The predicted molar refractivity (Wildman–Crippen MR) is 92.0 cm³/mol. The van der Waals surface area contributed by atoms with Crippen LogP contribution in [0.3, 0.4) is 0 Å². The van der Waals surface area contributed by atoms with Crippen LogP contribution in [0.15, 0.2) is 43.0 Å². The van der Waals surface area contributed by atoms with Crippen molar-refractivity contribution in [3.05, 3.63) is 48.5 Å². The molecule has 2 aromatic rings. The van der Waals surface area contributed by atoms with E-state index in [-0.39, 0.29) is 18.2 Å². The molecule has 1 aromatic heterocycles. The van der Waals surface area contributed by atoms with E-state index in [1.54, 1.807) is 19.6 Å². The highest BCUT2D eigenvalue weighted by Gasteiger charge is 2.26. The summed E-state index contributed by atoms with van der Waals surface area (Å²) < 4.78 is 7.41. The Morgan fingerprint density at radius 1 is 1.38 bits per heavy atom. The Hall–Kier alpha value is -2.34. The molecule has 1 heterocycles. The SMILES string of the molecule is CO[C@H]1CCCC[C@@H]1NC(=O)NCc1cccc(-n2ccnc2)c1. The number of imidazole rings is 1. The Morgan fingerprint density at radius 3 is 3.04 bits per heavy atom. The quantitative estimate of drug-likeness (QED) is 0.886. The molecule has 0 radical (unpaired) electrons. The van der Waals surface area contributed by atoms with Crippen molar-refractivity contribution in [3.8, 4) is 5.69 Å². The van der Waals surface area contributed by atoms with Crippen LogP contribution in [0.25, 0.3) is 5.69 Å². The number of ether oxygens (including phenoxy) is 1. The van der Waals surface area contributed by atoms with Crippen LogP contribution in [-0.2, 0) is 11.3 Å². The molecule has 0 aliphatic heterocycles. The van der Waals surface area contributed by atoms with Crippen molar-refractivity contribution < 1.29 is 9.53 Å². The molecule has 2 N–H and O–H groups in total. The van der Waals surface area contributed by atoms with E-state index in [4.69, 9.17) is 4.74 Å². The largest absolute Gasteiger partial charge is 0.379 e. The van der Waals surface area contributed by atoms with Crippen LogP contribution in [0, 0.1) is 0 Å². The molecule has 2 amide bonds. The number of nitrogens with one attached hydrogen (secondary N) is 2. The predicted octanol–water partition coefficient (Wildman–Crippen LogP) is 2.63. The first kappa shape index (κ1) is 16.5. The van der Waals surface area contributed by atoms with Crippen LogP contribution in [0.4, 0.5) is 4.79 Å². The van der Waals surface area contributed by atoms with E-state index in [0.717, 1.165) is 30.5 Å². The van der Waals surface area contributed by atoms with Gasteiger partial charge in [-0.25, -0.2) is 9.78 Å². The van der Waals surface area contributed by atoms with Gasteiger partial charge in [0.2, 0.25) is 0 Å². The van der Waals surface area contributed by atoms with E-state index in [0.29, 0.717) is 6.54 Å². The first-order valence-electron chi connectivity index (χ1n) is 8.40. The van der Waals surface area contributed by atoms with E-state index >= 15 is 0 Å². The highest BCUT2D eigenvalue weighted by atomic mass is 16.5. The number of aromatic nitrogens is 2. The Bertz CT molecular complexity index is 657. The van der Waals surface area contributed by atoms with E-state index in [1.807, 2.05) is 35.0 Å². The lowest BCUT2D eigenvalue weighted by Gasteiger charge is -2.31. The van der Waals surface area contributed by atoms with Gasteiger partial charge in [0.1, 0.15) is 0 Å². The van der Waals surface area contributed by atoms with Gasteiger partial charge in [-0.05, 0) is 30.5 Å². The molecule has 3 rings (SSSR count). The minimum atomic E-state index is -0.142. The van der Waals surface area contributed by atoms with Gasteiger partial charge in [-0.15, -0.1) is 0 Å². The third kappa shape index (κ3) is 4.14. The van der Waals surface area contributed by atoms with Gasteiger partial charge in [-0.1, -0.05) is 25.0 Å². The standard InChI is InChI=1S/C18H24N4O2/c1-24-17-8-3-2-7-16(17)21-18(23)20-12-14-5-4-6-15(11-14)22-10-9-19-13-22/h4-6,9-11,13,16-17H,2-3,7-8,12H2,1H3,(H2,20,21,23)/t16-,17-/m0/s1. The lowest BCUT2D eigenvalue weighted by Crippen LogP contribution is -2.49. The maximum absolute atomic E-state index is 12.2. The molecule has 6 nitrogen and oxygen atoms in total. The normalized spacial score (nSPS) is 20.5. The number of carbonyl (C=O) groups is 1. The number of rotatable bonds is 5. The van der Waals surface area contributed by atoms with Gasteiger partial charge in [-0.2, -0.15) is 0 Å². The summed E-state index contributed by atoms with van der Waals surface area (Å²) in [5.74, 6) is 0. The van der Waals surface area contributed by atoms with Crippen LogP contribution >= 0.6 is 0 Å². The zero-order chi connectivity index (χ0) is 16.8. The van der Waals surface area contributed by atoms with E-state index in [2.05, 4.69) is 15.6 Å². The highest BCUT2D eigenvalue weighted by molar-refractivity contribution is 5.74. The number of urea groups is 1. The van der Waals surface area contributed by atoms with Crippen LogP contribution < -0.4 is 10.6 Å². The van der Waals surface area contributed by atoms with E-state index in [1.165, 1.54) is 6.42 Å². The second kappa shape index (κ2) is 7.97. The molecule has 24 heavy (non-hydrogen) atoms. The highest BCUT2D eigenvalue weighted by Crippen LogP contribution is 2.20. The fraction of sp³-hybridized carbons (Fsp3) is 0.444. The number of methoxy groups -OCH3 is 1. The fourth-order valence-electron chi connectivity index (χ4n) is 3.18. The Labute approximate surface area is 142 Å². The third-order valence-corrected chi connectivity index (χ3v) is 4.49. The van der Waals surface area contributed by atoms with Gasteiger partial charge in [0.05, 0.1) is 18.5 Å². The Kier molecular flexibility index (Phi) is 5.48. The fourth-order valence-corrected chi connectivity index (χ4v) is 3.18. The topological polar surface area (TPSA) is 68.2 Å². The summed E-state index contributed by atoms with van der Waals surface area (Å²) >= 11 is 0. The lowest BCUT2D eigenvalue weighted by molar-refractivity contribution is 0.0452. The van der Waals surface area contributed by atoms with Crippen molar-refractivity contribution in [1.82, 2.24) is 20.2 Å². The second-order valence-corrected chi connectivity index (χ2v) is 6.13. The molecular weight excluding hydrogens is 304 g/mol. The molecule has 0 unspecified atom stereocenters. The third-order valence-electron chi connectivity index (χ3n) is 4.49. The van der Waals surface area contributed by atoms with Crippen molar-refractivity contribution in [2.45, 2.75) is 44.4 Å². The number of benzene rings is 1. The minimum Gasteiger partial charge on any atom is -0.379 e. The van der Waals surface area contributed by atoms with Gasteiger partial charge in [0.25, 0.3) is 0 Å². The first-order valence-corrected chi connectivity index (χ1v) is 8.40. The molecule has 1 aliphatic carbocycles. The van der Waals surface area contributed by atoms with Crippen molar-refractivity contribution in [2.24, 2.45) is 0 Å². The average molecular weight is 328 g/mol. The molecule has 128 valence electrons. The van der Waals surface area contributed by atoms with Crippen molar-refractivity contribution in [2.75, 3.05) is 7.11 Å². The molecule has 0 saturated heterocycles. The van der Waals surface area contributed by atoms with Gasteiger partial charge in [0.15, 0.2) is 0 Å².